The number of hydrogen-bond acceptors (Lipinski definition) is 3. The minimum Gasteiger partial charge on any atom is -0.350 e. The van der Waals surface area contributed by atoms with Crippen molar-refractivity contribution in [2.45, 2.75) is 46.6 Å². The zero-order valence-corrected chi connectivity index (χ0v) is 18.1. The third-order valence-electron chi connectivity index (χ3n) is 4.86. The number of hydrogen-bond donors (Lipinski definition) is 1. The summed E-state index contributed by atoms with van der Waals surface area (Å²) in [5.74, 6) is -0.0802. The highest BCUT2D eigenvalue weighted by atomic mass is 32.2. The molecule has 5 nitrogen and oxygen atoms in total. The molecule has 0 aliphatic heterocycles. The smallest absolute Gasteiger partial charge is 0.232 e. The number of carbonyl (C=O) groups is 1. The van der Waals surface area contributed by atoms with Crippen LogP contribution in [0.25, 0.3) is 0 Å². The summed E-state index contributed by atoms with van der Waals surface area (Å²) in [4.78, 5) is 12.3. The topological polar surface area (TPSA) is 66.5 Å². The average Bonchev–Trinajstić information content (AvgIpc) is 2.59. The Morgan fingerprint density at radius 1 is 1.07 bits per heavy atom. The summed E-state index contributed by atoms with van der Waals surface area (Å²) < 4.78 is 25.7. The van der Waals surface area contributed by atoms with Gasteiger partial charge in [-0.25, -0.2) is 8.42 Å². The Balaban J connectivity index is 1.94. The van der Waals surface area contributed by atoms with E-state index < -0.39 is 10.0 Å². The van der Waals surface area contributed by atoms with E-state index in [0.29, 0.717) is 12.1 Å². The van der Waals surface area contributed by atoms with E-state index in [4.69, 9.17) is 0 Å². The van der Waals surface area contributed by atoms with Crippen LogP contribution in [-0.2, 0) is 14.8 Å². The summed E-state index contributed by atoms with van der Waals surface area (Å²) in [5, 5.41) is 3.00. The fourth-order valence-electron chi connectivity index (χ4n) is 3.08. The maximum atomic E-state index is 12.3. The van der Waals surface area contributed by atoms with Gasteiger partial charge in [-0.05, 0) is 68.5 Å². The van der Waals surface area contributed by atoms with Gasteiger partial charge in [0.2, 0.25) is 15.9 Å². The lowest BCUT2D eigenvalue weighted by atomic mass is 10.0. The lowest BCUT2D eigenvalue weighted by Gasteiger charge is -2.23. The molecule has 0 aliphatic carbocycles. The zero-order valence-electron chi connectivity index (χ0n) is 17.3. The summed E-state index contributed by atoms with van der Waals surface area (Å²) in [7, 11) is -3.41. The number of rotatable bonds is 8. The summed E-state index contributed by atoms with van der Waals surface area (Å²) in [5.41, 5.74) is 5.10. The number of benzene rings is 2. The van der Waals surface area contributed by atoms with E-state index >= 15 is 0 Å². The van der Waals surface area contributed by atoms with Gasteiger partial charge in [0.05, 0.1) is 18.0 Å². The summed E-state index contributed by atoms with van der Waals surface area (Å²) in [6.45, 7) is 8.26. The lowest BCUT2D eigenvalue weighted by Crippen LogP contribution is -2.32. The normalized spacial score (nSPS) is 12.5. The van der Waals surface area contributed by atoms with E-state index in [-0.39, 0.29) is 24.9 Å². The Bertz CT molecular complexity index is 939. The lowest BCUT2D eigenvalue weighted by molar-refractivity contribution is -0.121. The summed E-state index contributed by atoms with van der Waals surface area (Å²) in [6.07, 6.45) is 1.91. The van der Waals surface area contributed by atoms with Crippen LogP contribution in [0.5, 0.6) is 0 Å². The molecular weight excluding hydrogens is 372 g/mol. The monoisotopic (exact) mass is 402 g/mol. The van der Waals surface area contributed by atoms with Crippen molar-refractivity contribution in [2.24, 2.45) is 0 Å². The first-order valence-corrected chi connectivity index (χ1v) is 11.3. The van der Waals surface area contributed by atoms with Crippen molar-refractivity contribution in [2.75, 3.05) is 17.1 Å². The third-order valence-corrected chi connectivity index (χ3v) is 6.06. The van der Waals surface area contributed by atoms with Crippen molar-refractivity contribution in [1.29, 1.82) is 0 Å². The van der Waals surface area contributed by atoms with Gasteiger partial charge in [0.1, 0.15) is 0 Å². The third kappa shape index (κ3) is 6.09. The quantitative estimate of drug-likeness (QED) is 0.725. The van der Waals surface area contributed by atoms with Crippen LogP contribution in [0.3, 0.4) is 0 Å². The minimum absolute atomic E-state index is 0.0802. The second-order valence-corrected chi connectivity index (χ2v) is 9.32. The van der Waals surface area contributed by atoms with Crippen LogP contribution in [0.2, 0.25) is 0 Å². The molecule has 0 spiro atoms. The number of aryl methyl sites for hydroxylation is 3. The van der Waals surface area contributed by atoms with Crippen molar-refractivity contribution >= 4 is 21.6 Å². The van der Waals surface area contributed by atoms with E-state index in [0.717, 1.165) is 11.1 Å². The first-order chi connectivity index (χ1) is 13.1. The Kier molecular flexibility index (Phi) is 7.24. The molecule has 0 saturated heterocycles. The van der Waals surface area contributed by atoms with E-state index in [1.165, 1.54) is 21.7 Å². The number of anilines is 1. The van der Waals surface area contributed by atoms with Gasteiger partial charge in [0.25, 0.3) is 0 Å². The number of nitrogens with zero attached hydrogens (tertiary/aromatic N) is 1. The van der Waals surface area contributed by atoms with Crippen LogP contribution in [-0.4, -0.2) is 27.1 Å². The van der Waals surface area contributed by atoms with Gasteiger partial charge in [-0.15, -0.1) is 0 Å². The van der Waals surface area contributed by atoms with Gasteiger partial charge in [0.15, 0.2) is 0 Å². The second kappa shape index (κ2) is 9.24. The van der Waals surface area contributed by atoms with Crippen LogP contribution in [0.15, 0.2) is 42.5 Å². The zero-order chi connectivity index (χ0) is 20.9. The number of sulfonamides is 1. The van der Waals surface area contributed by atoms with E-state index in [1.807, 2.05) is 38.1 Å². The first-order valence-electron chi connectivity index (χ1n) is 9.49. The molecule has 1 amide bonds. The second-order valence-electron chi connectivity index (χ2n) is 7.41. The van der Waals surface area contributed by atoms with Gasteiger partial charge >= 0.3 is 0 Å². The van der Waals surface area contributed by atoms with E-state index in [9.17, 15) is 13.2 Å². The molecule has 0 saturated carbocycles. The fraction of sp³-hybridized carbons (Fsp3) is 0.409. The number of amides is 1. The molecule has 28 heavy (non-hydrogen) atoms. The van der Waals surface area contributed by atoms with Crippen LogP contribution in [0.1, 0.15) is 48.1 Å². The highest BCUT2D eigenvalue weighted by molar-refractivity contribution is 7.92. The van der Waals surface area contributed by atoms with Crippen molar-refractivity contribution in [3.8, 4) is 0 Å². The Hall–Kier alpha value is -2.34. The molecule has 0 bridgehead atoms. The van der Waals surface area contributed by atoms with Crippen LogP contribution in [0, 0.1) is 20.8 Å². The van der Waals surface area contributed by atoms with Gasteiger partial charge in [0, 0.05) is 13.0 Å². The van der Waals surface area contributed by atoms with Crippen LogP contribution in [0.4, 0.5) is 5.69 Å². The summed E-state index contributed by atoms with van der Waals surface area (Å²) in [6, 6.07) is 13.4. The average molecular weight is 403 g/mol. The molecule has 0 fully saturated rings. The van der Waals surface area contributed by atoms with Crippen molar-refractivity contribution in [3.63, 3.8) is 0 Å². The van der Waals surface area contributed by atoms with E-state index in [1.54, 1.807) is 6.07 Å². The molecule has 6 heteroatoms. The molecule has 2 aromatic rings. The SMILES string of the molecule is Cc1cccc(N(CCCC(=O)N[C@@H](C)c2ccc(C)c(C)c2)S(C)(=O)=O)c1. The molecule has 0 radical (unpaired) electrons. The molecular formula is C22H30N2O3S. The van der Waals surface area contributed by atoms with Crippen LogP contribution < -0.4 is 9.62 Å². The largest absolute Gasteiger partial charge is 0.350 e. The van der Waals surface area contributed by atoms with Crippen molar-refractivity contribution in [3.05, 3.63) is 64.7 Å². The first kappa shape index (κ1) is 22.0. The predicted molar refractivity (Wildman–Crippen MR) is 115 cm³/mol. The van der Waals surface area contributed by atoms with Gasteiger partial charge < -0.3 is 5.32 Å². The van der Waals surface area contributed by atoms with E-state index in [2.05, 4.69) is 31.3 Å². The van der Waals surface area contributed by atoms with Crippen molar-refractivity contribution < 1.29 is 13.2 Å². The Labute approximate surface area is 168 Å². The fourth-order valence-corrected chi connectivity index (χ4v) is 4.04. The minimum atomic E-state index is -3.41. The molecule has 0 aromatic heterocycles. The maximum Gasteiger partial charge on any atom is 0.232 e. The molecule has 0 heterocycles. The highest BCUT2D eigenvalue weighted by Crippen LogP contribution is 2.20. The van der Waals surface area contributed by atoms with Crippen molar-refractivity contribution in [1.82, 2.24) is 5.32 Å². The molecule has 0 unspecified atom stereocenters. The molecule has 152 valence electrons. The highest BCUT2D eigenvalue weighted by Gasteiger charge is 2.18. The number of carbonyl (C=O) groups excluding carboxylic acids is 1. The van der Waals surface area contributed by atoms with Crippen LogP contribution >= 0.6 is 0 Å². The van der Waals surface area contributed by atoms with Gasteiger partial charge in [-0.3, -0.25) is 9.10 Å². The van der Waals surface area contributed by atoms with Gasteiger partial charge in [-0.2, -0.15) is 0 Å². The molecule has 1 atom stereocenters. The molecule has 2 aromatic carbocycles. The Morgan fingerprint density at radius 3 is 2.39 bits per heavy atom. The maximum absolute atomic E-state index is 12.3. The molecule has 2 rings (SSSR count). The number of nitrogens with one attached hydrogen (secondary N) is 1. The molecule has 1 N–H and O–H groups in total. The standard InChI is InChI=1S/C22H30N2O3S/c1-16-8-6-9-21(14-16)24(28(5,26)27)13-7-10-22(25)23-19(4)20-12-11-17(2)18(3)15-20/h6,8-9,11-12,14-15,19H,7,10,13H2,1-5H3,(H,23,25)/t19-/m0/s1. The predicted octanol–water partition coefficient (Wildman–Crippen LogP) is 4.04. The molecule has 0 aliphatic rings. The van der Waals surface area contributed by atoms with Gasteiger partial charge in [-0.1, -0.05) is 30.3 Å². The Morgan fingerprint density at radius 2 is 1.79 bits per heavy atom. The summed E-state index contributed by atoms with van der Waals surface area (Å²) >= 11 is 0.